The van der Waals surface area contributed by atoms with E-state index in [1.807, 2.05) is 0 Å². The van der Waals surface area contributed by atoms with E-state index in [2.05, 4.69) is 17.6 Å². The minimum atomic E-state index is -0.416. The molecular weight excluding hydrogens is 154 g/mol. The van der Waals surface area contributed by atoms with E-state index in [1.54, 1.807) is 0 Å². The summed E-state index contributed by atoms with van der Waals surface area (Å²) in [6, 6.07) is -0.416. The van der Waals surface area contributed by atoms with E-state index >= 15 is 0 Å². The summed E-state index contributed by atoms with van der Waals surface area (Å²) in [5.74, 6) is 1.21. The van der Waals surface area contributed by atoms with Crippen LogP contribution >= 0.6 is 0 Å². The second-order valence-electron chi connectivity index (χ2n) is 3.48. The molecule has 0 aliphatic carbocycles. The maximum absolute atomic E-state index is 10.4. The Morgan fingerprint density at radius 2 is 2.50 bits per heavy atom. The standard InChI is InChI=1S/C8H17N3O/c1-6-4-10-3-2-7(6)5-11-8(9)12/h6-7,10H,2-5H2,1H3,(H3,9,11,12). The molecule has 2 unspecified atom stereocenters. The maximum Gasteiger partial charge on any atom is 0.312 e. The largest absolute Gasteiger partial charge is 0.352 e. The predicted molar refractivity (Wildman–Crippen MR) is 47.7 cm³/mol. The van der Waals surface area contributed by atoms with E-state index in [1.165, 1.54) is 0 Å². The molecule has 0 aromatic carbocycles. The van der Waals surface area contributed by atoms with E-state index in [4.69, 9.17) is 5.73 Å². The first kappa shape index (κ1) is 9.32. The summed E-state index contributed by atoms with van der Waals surface area (Å²) in [6.45, 7) is 5.01. The number of carbonyl (C=O) groups is 1. The van der Waals surface area contributed by atoms with Gasteiger partial charge in [-0.15, -0.1) is 0 Å². The smallest absolute Gasteiger partial charge is 0.312 e. The van der Waals surface area contributed by atoms with E-state index < -0.39 is 6.03 Å². The van der Waals surface area contributed by atoms with Gasteiger partial charge in [0.05, 0.1) is 0 Å². The van der Waals surface area contributed by atoms with E-state index in [0.29, 0.717) is 11.8 Å². The lowest BCUT2D eigenvalue weighted by Crippen LogP contribution is -2.42. The molecule has 4 N–H and O–H groups in total. The molecule has 1 heterocycles. The number of primary amides is 1. The molecule has 4 heteroatoms. The van der Waals surface area contributed by atoms with E-state index in [9.17, 15) is 4.79 Å². The van der Waals surface area contributed by atoms with Crippen molar-refractivity contribution in [2.75, 3.05) is 19.6 Å². The summed E-state index contributed by atoms with van der Waals surface area (Å²) < 4.78 is 0. The lowest BCUT2D eigenvalue weighted by molar-refractivity contribution is 0.235. The molecule has 1 aliphatic rings. The molecule has 1 saturated heterocycles. The summed E-state index contributed by atoms with van der Waals surface area (Å²) in [5, 5.41) is 5.96. The Morgan fingerprint density at radius 1 is 1.75 bits per heavy atom. The first-order valence-corrected chi connectivity index (χ1v) is 4.44. The zero-order valence-electron chi connectivity index (χ0n) is 7.47. The highest BCUT2D eigenvalue weighted by Crippen LogP contribution is 2.16. The molecule has 1 fully saturated rings. The Bertz CT molecular complexity index is 160. The van der Waals surface area contributed by atoms with Gasteiger partial charge in [0.2, 0.25) is 0 Å². The molecule has 1 aliphatic heterocycles. The molecule has 0 aromatic rings. The molecule has 70 valence electrons. The molecule has 2 atom stereocenters. The van der Waals surface area contributed by atoms with Crippen molar-refractivity contribution in [1.29, 1.82) is 0 Å². The molecule has 12 heavy (non-hydrogen) atoms. The van der Waals surface area contributed by atoms with E-state index in [-0.39, 0.29) is 0 Å². The molecule has 0 bridgehead atoms. The third kappa shape index (κ3) is 2.70. The average Bonchev–Trinajstić information content (AvgIpc) is 2.03. The van der Waals surface area contributed by atoms with Gasteiger partial charge in [-0.25, -0.2) is 4.79 Å². The van der Waals surface area contributed by atoms with Crippen LogP contribution in [0.3, 0.4) is 0 Å². The maximum atomic E-state index is 10.4. The minimum absolute atomic E-state index is 0.416. The van der Waals surface area contributed by atoms with Crippen molar-refractivity contribution in [3.8, 4) is 0 Å². The molecule has 0 spiro atoms. The number of rotatable bonds is 2. The highest BCUT2D eigenvalue weighted by Gasteiger charge is 2.20. The number of nitrogens with one attached hydrogen (secondary N) is 2. The van der Waals surface area contributed by atoms with Crippen molar-refractivity contribution in [2.24, 2.45) is 17.6 Å². The third-order valence-corrected chi connectivity index (χ3v) is 2.50. The number of nitrogens with two attached hydrogens (primary N) is 1. The first-order valence-electron chi connectivity index (χ1n) is 4.44. The van der Waals surface area contributed by atoms with Gasteiger partial charge in [-0.05, 0) is 31.3 Å². The Hall–Kier alpha value is -0.770. The van der Waals surface area contributed by atoms with Crippen molar-refractivity contribution in [3.05, 3.63) is 0 Å². The molecule has 0 saturated carbocycles. The molecule has 0 aromatic heterocycles. The van der Waals surface area contributed by atoms with Gasteiger partial charge in [-0.2, -0.15) is 0 Å². The number of piperidine rings is 1. The highest BCUT2D eigenvalue weighted by molar-refractivity contribution is 5.71. The van der Waals surface area contributed by atoms with Crippen LogP contribution in [0.15, 0.2) is 0 Å². The van der Waals surface area contributed by atoms with Crippen molar-refractivity contribution in [1.82, 2.24) is 10.6 Å². The SMILES string of the molecule is CC1CNCCC1CNC(N)=O. The summed E-state index contributed by atoms with van der Waals surface area (Å²) in [4.78, 5) is 10.4. The summed E-state index contributed by atoms with van der Waals surface area (Å²) in [6.07, 6.45) is 1.13. The Labute approximate surface area is 72.9 Å². The van der Waals surface area contributed by atoms with Crippen molar-refractivity contribution >= 4 is 6.03 Å². The fourth-order valence-corrected chi connectivity index (χ4v) is 1.60. The average molecular weight is 171 g/mol. The summed E-state index contributed by atoms with van der Waals surface area (Å²) in [5.41, 5.74) is 4.99. The zero-order chi connectivity index (χ0) is 8.97. The molecule has 2 amide bonds. The molecule has 1 rings (SSSR count). The molecule has 4 nitrogen and oxygen atoms in total. The van der Waals surface area contributed by atoms with Gasteiger partial charge in [0.1, 0.15) is 0 Å². The highest BCUT2D eigenvalue weighted by atomic mass is 16.2. The van der Waals surface area contributed by atoms with Crippen LogP contribution in [0, 0.1) is 11.8 Å². The van der Waals surface area contributed by atoms with Crippen molar-refractivity contribution in [3.63, 3.8) is 0 Å². The number of hydrogen-bond donors (Lipinski definition) is 3. The first-order chi connectivity index (χ1) is 5.70. The number of amides is 2. The fraction of sp³-hybridized carbons (Fsp3) is 0.875. The third-order valence-electron chi connectivity index (χ3n) is 2.50. The fourth-order valence-electron chi connectivity index (χ4n) is 1.60. The van der Waals surface area contributed by atoms with Crippen LogP contribution in [-0.4, -0.2) is 25.7 Å². The number of carbonyl (C=O) groups excluding carboxylic acids is 1. The van der Waals surface area contributed by atoms with Gasteiger partial charge in [0, 0.05) is 6.54 Å². The minimum Gasteiger partial charge on any atom is -0.352 e. The van der Waals surface area contributed by atoms with Crippen LogP contribution < -0.4 is 16.4 Å². The zero-order valence-corrected chi connectivity index (χ0v) is 7.47. The molecular formula is C8H17N3O. The predicted octanol–water partition coefficient (Wildman–Crippen LogP) is -0.0997. The van der Waals surface area contributed by atoms with Crippen molar-refractivity contribution in [2.45, 2.75) is 13.3 Å². The summed E-state index contributed by atoms with van der Waals surface area (Å²) >= 11 is 0. The van der Waals surface area contributed by atoms with Crippen LogP contribution in [0.1, 0.15) is 13.3 Å². The van der Waals surface area contributed by atoms with Gasteiger partial charge in [-0.1, -0.05) is 6.92 Å². The van der Waals surface area contributed by atoms with Crippen LogP contribution in [0.4, 0.5) is 4.79 Å². The molecule has 0 radical (unpaired) electrons. The summed E-state index contributed by atoms with van der Waals surface area (Å²) in [7, 11) is 0. The topological polar surface area (TPSA) is 67.2 Å². The second kappa shape index (κ2) is 4.30. The lowest BCUT2D eigenvalue weighted by Gasteiger charge is -2.29. The van der Waals surface area contributed by atoms with Crippen LogP contribution in [0.2, 0.25) is 0 Å². The van der Waals surface area contributed by atoms with Crippen LogP contribution in [-0.2, 0) is 0 Å². The van der Waals surface area contributed by atoms with E-state index in [0.717, 1.165) is 26.1 Å². The quantitative estimate of drug-likeness (QED) is 0.543. The lowest BCUT2D eigenvalue weighted by atomic mass is 9.88. The van der Waals surface area contributed by atoms with Gasteiger partial charge in [0.15, 0.2) is 0 Å². The monoisotopic (exact) mass is 171 g/mol. The van der Waals surface area contributed by atoms with Gasteiger partial charge in [-0.3, -0.25) is 0 Å². The van der Waals surface area contributed by atoms with Crippen LogP contribution in [0.25, 0.3) is 0 Å². The van der Waals surface area contributed by atoms with Gasteiger partial charge >= 0.3 is 6.03 Å². The normalized spacial score (nSPS) is 29.8. The Balaban J connectivity index is 2.24. The second-order valence-corrected chi connectivity index (χ2v) is 3.48. The van der Waals surface area contributed by atoms with Gasteiger partial charge < -0.3 is 16.4 Å². The Morgan fingerprint density at radius 3 is 3.08 bits per heavy atom. The number of urea groups is 1. The van der Waals surface area contributed by atoms with Crippen LogP contribution in [0.5, 0.6) is 0 Å². The Kier molecular flexibility index (Phi) is 3.34. The van der Waals surface area contributed by atoms with Crippen molar-refractivity contribution < 1.29 is 4.79 Å². The van der Waals surface area contributed by atoms with Gasteiger partial charge in [0.25, 0.3) is 0 Å². The number of hydrogen-bond acceptors (Lipinski definition) is 2.